The smallest absolute Gasteiger partial charge is 0.212 e. The molecule has 0 aromatic heterocycles. The fourth-order valence-electron chi connectivity index (χ4n) is 1.68. The van der Waals surface area contributed by atoms with Gasteiger partial charge in [-0.2, -0.15) is 0 Å². The van der Waals surface area contributed by atoms with Crippen molar-refractivity contribution in [2.75, 3.05) is 0 Å². The van der Waals surface area contributed by atoms with Gasteiger partial charge in [0.15, 0.2) is 0 Å². The Bertz CT molecular complexity index is 510. The summed E-state index contributed by atoms with van der Waals surface area (Å²) in [5.41, 5.74) is 1.37. The highest BCUT2D eigenvalue weighted by Crippen LogP contribution is 2.43. The molecule has 88 valence electrons. The molecular weight excluding hydrogens is 293 g/mol. The van der Waals surface area contributed by atoms with Gasteiger partial charge in [-0.1, -0.05) is 59.1 Å². The second-order valence-corrected chi connectivity index (χ2v) is 7.67. The summed E-state index contributed by atoms with van der Waals surface area (Å²) in [6.45, 7) is 0. The third kappa shape index (κ3) is 2.46. The van der Waals surface area contributed by atoms with Gasteiger partial charge in [-0.05, 0) is 11.1 Å². The summed E-state index contributed by atoms with van der Waals surface area (Å²) in [7, 11) is -3.43. The Morgan fingerprint density at radius 1 is 1.25 bits per heavy atom. The lowest BCUT2D eigenvalue weighted by Crippen LogP contribution is -2.41. The monoisotopic (exact) mass is 299 g/mol. The Labute approximate surface area is 109 Å². The number of rotatable bonds is 0. The van der Waals surface area contributed by atoms with Gasteiger partial charge in [-0.25, -0.2) is 13.1 Å². The van der Waals surface area contributed by atoms with Gasteiger partial charge in [-0.3, -0.25) is 0 Å². The van der Waals surface area contributed by atoms with E-state index in [1.807, 2.05) is 0 Å². The average Bonchev–Trinajstić information content (AvgIpc) is 2.13. The topological polar surface area (TPSA) is 46.2 Å². The molecule has 2 rings (SSSR count). The number of hydrogen-bond acceptors (Lipinski definition) is 2. The Kier molecular flexibility index (Phi) is 3.14. The molecule has 1 atom stereocenters. The minimum Gasteiger partial charge on any atom is -0.212 e. The molecule has 7 heteroatoms. The number of sulfonamides is 1. The van der Waals surface area contributed by atoms with Crippen molar-refractivity contribution in [2.45, 2.75) is 15.6 Å². The Morgan fingerprint density at radius 2 is 1.88 bits per heavy atom. The van der Waals surface area contributed by atoms with Crippen LogP contribution in [0.4, 0.5) is 0 Å². The number of hydrogen-bond donors (Lipinski definition) is 1. The van der Waals surface area contributed by atoms with Gasteiger partial charge in [0.25, 0.3) is 0 Å². The van der Waals surface area contributed by atoms with E-state index in [4.69, 9.17) is 34.8 Å². The lowest BCUT2D eigenvalue weighted by molar-refractivity contribution is 0.547. The molecule has 1 heterocycles. The molecule has 1 N–H and O–H groups in total. The fourth-order valence-corrected chi connectivity index (χ4v) is 3.81. The minimum absolute atomic E-state index is 0.0829. The van der Waals surface area contributed by atoms with E-state index in [0.717, 1.165) is 0 Å². The van der Waals surface area contributed by atoms with E-state index in [0.29, 0.717) is 11.1 Å². The summed E-state index contributed by atoms with van der Waals surface area (Å²) in [4.78, 5) is 0. The molecule has 0 bridgehead atoms. The molecule has 0 fully saturated rings. The minimum atomic E-state index is -3.43. The van der Waals surface area contributed by atoms with E-state index < -0.39 is 19.9 Å². The first kappa shape index (κ1) is 12.5. The van der Waals surface area contributed by atoms with E-state index in [2.05, 4.69) is 4.72 Å². The highest BCUT2D eigenvalue weighted by Gasteiger charge is 2.41. The maximum atomic E-state index is 11.6. The van der Waals surface area contributed by atoms with Gasteiger partial charge < -0.3 is 0 Å². The molecule has 1 aliphatic rings. The van der Waals surface area contributed by atoms with Gasteiger partial charge in [-0.15, -0.1) is 0 Å². The first-order valence-electron chi connectivity index (χ1n) is 4.44. The van der Waals surface area contributed by atoms with Crippen LogP contribution in [0, 0.1) is 0 Å². The van der Waals surface area contributed by atoms with Crippen LogP contribution in [0.25, 0.3) is 0 Å². The van der Waals surface area contributed by atoms with E-state index in [1.165, 1.54) is 0 Å². The molecule has 1 aliphatic heterocycles. The summed E-state index contributed by atoms with van der Waals surface area (Å²) in [5, 5.41) is 0. The zero-order chi connectivity index (χ0) is 12.0. The van der Waals surface area contributed by atoms with Crippen LogP contribution in [0.3, 0.4) is 0 Å². The summed E-state index contributed by atoms with van der Waals surface area (Å²) in [6, 6.07) is 6.17. The summed E-state index contributed by atoms with van der Waals surface area (Å²) >= 11 is 17.3. The molecule has 1 aromatic rings. The Morgan fingerprint density at radius 3 is 2.50 bits per heavy atom. The molecule has 0 saturated carbocycles. The first-order chi connectivity index (χ1) is 7.30. The van der Waals surface area contributed by atoms with Gasteiger partial charge in [0.1, 0.15) is 0 Å². The van der Waals surface area contributed by atoms with Crippen molar-refractivity contribution in [2.24, 2.45) is 0 Å². The molecular formula is C9H8Cl3NO2S. The molecule has 0 amide bonds. The molecule has 16 heavy (non-hydrogen) atoms. The zero-order valence-corrected chi connectivity index (χ0v) is 11.0. The first-order valence-corrected chi connectivity index (χ1v) is 7.23. The average molecular weight is 301 g/mol. The van der Waals surface area contributed by atoms with Crippen molar-refractivity contribution < 1.29 is 8.42 Å². The number of alkyl halides is 3. The highest BCUT2D eigenvalue weighted by molar-refractivity contribution is 7.88. The van der Waals surface area contributed by atoms with Crippen LogP contribution < -0.4 is 4.72 Å². The van der Waals surface area contributed by atoms with E-state index in [1.54, 1.807) is 24.3 Å². The maximum Gasteiger partial charge on any atom is 0.216 e. The van der Waals surface area contributed by atoms with Gasteiger partial charge >= 0.3 is 0 Å². The number of benzene rings is 1. The number of nitrogens with one attached hydrogen (secondary N) is 1. The zero-order valence-electron chi connectivity index (χ0n) is 7.95. The number of fused-ring (bicyclic) bond motifs is 1. The van der Waals surface area contributed by atoms with Crippen molar-refractivity contribution in [1.29, 1.82) is 0 Å². The van der Waals surface area contributed by atoms with Crippen molar-refractivity contribution in [1.82, 2.24) is 4.72 Å². The molecule has 3 nitrogen and oxygen atoms in total. The Hall–Kier alpha value is -0.0000000000000000763. The summed E-state index contributed by atoms with van der Waals surface area (Å²) in [5.74, 6) is -0.0829. The second-order valence-electron chi connectivity index (χ2n) is 3.55. The van der Waals surface area contributed by atoms with Gasteiger partial charge in [0.05, 0.1) is 11.8 Å². The van der Waals surface area contributed by atoms with Crippen molar-refractivity contribution in [3.05, 3.63) is 35.4 Å². The van der Waals surface area contributed by atoms with Gasteiger partial charge in [0, 0.05) is 0 Å². The van der Waals surface area contributed by atoms with Crippen molar-refractivity contribution in [3.8, 4) is 0 Å². The van der Waals surface area contributed by atoms with Crippen molar-refractivity contribution >= 4 is 44.8 Å². The standard InChI is InChI=1S/C9H8Cl3NO2S/c10-9(11,12)8-7-4-2-1-3-6(7)5-16(14,15)13-8/h1-4,8,13H,5H2. The van der Waals surface area contributed by atoms with Crippen molar-refractivity contribution in [3.63, 3.8) is 0 Å². The van der Waals surface area contributed by atoms with Crippen LogP contribution in [0.2, 0.25) is 0 Å². The fraction of sp³-hybridized carbons (Fsp3) is 0.333. The van der Waals surface area contributed by atoms with Gasteiger partial charge in [0.2, 0.25) is 13.8 Å². The van der Waals surface area contributed by atoms with Crippen LogP contribution in [0.5, 0.6) is 0 Å². The van der Waals surface area contributed by atoms with E-state index in [9.17, 15) is 8.42 Å². The van der Waals surface area contributed by atoms with Crippen LogP contribution in [0.15, 0.2) is 24.3 Å². The quantitative estimate of drug-likeness (QED) is 0.748. The summed E-state index contributed by atoms with van der Waals surface area (Å²) in [6.07, 6.45) is 0. The molecule has 0 aliphatic carbocycles. The SMILES string of the molecule is O=S1(=O)Cc2ccccc2C(C(Cl)(Cl)Cl)N1. The predicted octanol–water partition coefficient (Wildman–Crippen LogP) is 2.53. The molecule has 0 radical (unpaired) electrons. The van der Waals surface area contributed by atoms with E-state index in [-0.39, 0.29) is 5.75 Å². The normalized spacial score (nSPS) is 23.8. The molecule has 0 saturated heterocycles. The Balaban J connectivity index is 2.57. The lowest BCUT2D eigenvalue weighted by Gasteiger charge is -2.31. The largest absolute Gasteiger partial charge is 0.216 e. The third-order valence-corrected chi connectivity index (χ3v) is 4.28. The van der Waals surface area contributed by atoms with E-state index >= 15 is 0 Å². The third-order valence-electron chi connectivity index (χ3n) is 2.34. The maximum absolute atomic E-state index is 11.6. The van der Waals surface area contributed by atoms with Crippen LogP contribution in [0.1, 0.15) is 17.2 Å². The highest BCUT2D eigenvalue weighted by atomic mass is 35.6. The second kappa shape index (κ2) is 4.03. The number of halogens is 3. The van der Waals surface area contributed by atoms with Crippen LogP contribution in [-0.4, -0.2) is 12.2 Å². The van der Waals surface area contributed by atoms with Crippen LogP contribution in [-0.2, 0) is 15.8 Å². The molecule has 0 spiro atoms. The summed E-state index contributed by atoms with van der Waals surface area (Å²) < 4.78 is 23.8. The lowest BCUT2D eigenvalue weighted by atomic mass is 10.0. The molecule has 1 unspecified atom stereocenters. The van der Waals surface area contributed by atoms with Crippen LogP contribution >= 0.6 is 34.8 Å². The predicted molar refractivity (Wildman–Crippen MR) is 65.2 cm³/mol. The molecule has 1 aromatic carbocycles.